The van der Waals surface area contributed by atoms with E-state index in [1.165, 1.54) is 6.26 Å². The molecule has 1 rings (SSSR count). The molecule has 2 N–H and O–H groups in total. The number of rotatable bonds is 4. The minimum atomic E-state index is -2.97. The molecule has 1 aliphatic rings. The van der Waals surface area contributed by atoms with Crippen LogP contribution in [0.5, 0.6) is 0 Å². The molecular weight excluding hydrogens is 234 g/mol. The van der Waals surface area contributed by atoms with Gasteiger partial charge in [0.25, 0.3) is 0 Å². The lowest BCUT2D eigenvalue weighted by molar-refractivity contribution is 0.132. The summed E-state index contributed by atoms with van der Waals surface area (Å²) in [6.45, 7) is 7.18. The predicted molar refractivity (Wildman–Crippen MR) is 72.6 cm³/mol. The second kappa shape index (κ2) is 5.27. The quantitative estimate of drug-likeness (QED) is 0.844. The highest BCUT2D eigenvalue weighted by Gasteiger charge is 2.40. The van der Waals surface area contributed by atoms with Crippen LogP contribution < -0.4 is 5.73 Å². The SMILES string of the molecule is CCC(C)(C)C1CCC(CN)C(S(C)(=O)=O)C1. The average Bonchev–Trinajstić information content (AvgIpc) is 2.27. The van der Waals surface area contributed by atoms with Crippen LogP contribution in [-0.2, 0) is 9.84 Å². The van der Waals surface area contributed by atoms with Gasteiger partial charge in [-0.25, -0.2) is 8.42 Å². The van der Waals surface area contributed by atoms with Gasteiger partial charge in [-0.3, -0.25) is 0 Å². The Kier molecular flexibility index (Phi) is 4.64. The first-order chi connectivity index (χ1) is 7.72. The maximum Gasteiger partial charge on any atom is 0.150 e. The first kappa shape index (κ1) is 15.0. The van der Waals surface area contributed by atoms with Crippen LogP contribution in [0.2, 0.25) is 0 Å². The van der Waals surface area contributed by atoms with Crippen molar-refractivity contribution in [3.8, 4) is 0 Å². The largest absolute Gasteiger partial charge is 0.330 e. The molecule has 0 aromatic heterocycles. The van der Waals surface area contributed by atoms with Crippen LogP contribution in [0, 0.1) is 17.3 Å². The van der Waals surface area contributed by atoms with Gasteiger partial charge in [0.1, 0.15) is 0 Å². The van der Waals surface area contributed by atoms with E-state index < -0.39 is 9.84 Å². The van der Waals surface area contributed by atoms with Crippen LogP contribution in [-0.4, -0.2) is 26.5 Å². The number of nitrogens with two attached hydrogens (primary N) is 1. The van der Waals surface area contributed by atoms with Gasteiger partial charge in [-0.1, -0.05) is 27.2 Å². The van der Waals surface area contributed by atoms with E-state index in [2.05, 4.69) is 20.8 Å². The van der Waals surface area contributed by atoms with Gasteiger partial charge in [-0.15, -0.1) is 0 Å². The maximum atomic E-state index is 11.9. The zero-order chi connectivity index (χ0) is 13.3. The molecule has 0 saturated heterocycles. The summed E-state index contributed by atoms with van der Waals surface area (Å²) in [6, 6.07) is 0. The molecule has 0 aliphatic heterocycles. The van der Waals surface area contributed by atoms with Gasteiger partial charge in [-0.2, -0.15) is 0 Å². The number of sulfone groups is 1. The van der Waals surface area contributed by atoms with Crippen LogP contribution in [0.4, 0.5) is 0 Å². The van der Waals surface area contributed by atoms with Crippen LogP contribution >= 0.6 is 0 Å². The Labute approximate surface area is 106 Å². The monoisotopic (exact) mass is 261 g/mol. The summed E-state index contributed by atoms with van der Waals surface area (Å²) in [5.41, 5.74) is 5.95. The summed E-state index contributed by atoms with van der Waals surface area (Å²) in [5.74, 6) is 0.670. The number of hydrogen-bond acceptors (Lipinski definition) is 3. The molecule has 1 fully saturated rings. The van der Waals surface area contributed by atoms with Gasteiger partial charge in [0.2, 0.25) is 0 Å². The number of hydrogen-bond donors (Lipinski definition) is 1. The Balaban J connectivity index is 2.87. The smallest absolute Gasteiger partial charge is 0.150 e. The molecule has 1 aliphatic carbocycles. The third kappa shape index (κ3) is 3.44. The van der Waals surface area contributed by atoms with E-state index in [4.69, 9.17) is 5.73 Å². The summed E-state index contributed by atoms with van der Waals surface area (Å²) in [6.07, 6.45) is 5.34. The summed E-state index contributed by atoms with van der Waals surface area (Å²) < 4.78 is 23.7. The molecule has 3 nitrogen and oxygen atoms in total. The zero-order valence-corrected chi connectivity index (χ0v) is 12.4. The van der Waals surface area contributed by atoms with Gasteiger partial charge in [0.15, 0.2) is 9.84 Å². The highest BCUT2D eigenvalue weighted by atomic mass is 32.2. The fourth-order valence-corrected chi connectivity index (χ4v) is 4.51. The normalized spacial score (nSPS) is 31.5. The van der Waals surface area contributed by atoms with Gasteiger partial charge in [-0.05, 0) is 43.1 Å². The summed E-state index contributed by atoms with van der Waals surface area (Å²) in [7, 11) is -2.97. The Bertz CT molecular complexity index is 348. The highest BCUT2D eigenvalue weighted by molar-refractivity contribution is 7.91. The fraction of sp³-hybridized carbons (Fsp3) is 1.00. The third-order valence-electron chi connectivity index (χ3n) is 4.80. The molecule has 0 radical (unpaired) electrons. The van der Waals surface area contributed by atoms with Crippen LogP contribution in [0.15, 0.2) is 0 Å². The van der Waals surface area contributed by atoms with Crippen molar-refractivity contribution < 1.29 is 8.42 Å². The van der Waals surface area contributed by atoms with Gasteiger partial charge in [0.05, 0.1) is 5.25 Å². The van der Waals surface area contributed by atoms with E-state index in [-0.39, 0.29) is 16.6 Å². The topological polar surface area (TPSA) is 60.2 Å². The van der Waals surface area contributed by atoms with E-state index in [0.717, 1.165) is 25.7 Å². The van der Waals surface area contributed by atoms with E-state index in [1.807, 2.05) is 0 Å². The Morgan fingerprint density at radius 3 is 2.29 bits per heavy atom. The van der Waals surface area contributed by atoms with Gasteiger partial charge >= 0.3 is 0 Å². The van der Waals surface area contributed by atoms with Gasteiger partial charge in [0, 0.05) is 6.26 Å². The molecule has 0 heterocycles. The Morgan fingerprint density at radius 2 is 1.88 bits per heavy atom. The zero-order valence-electron chi connectivity index (χ0n) is 11.6. The first-order valence-corrected chi connectivity index (χ1v) is 8.56. The van der Waals surface area contributed by atoms with Crippen LogP contribution in [0.25, 0.3) is 0 Å². The van der Waals surface area contributed by atoms with Crippen molar-refractivity contribution in [3.05, 3.63) is 0 Å². The molecule has 0 amide bonds. The van der Waals surface area contributed by atoms with Gasteiger partial charge < -0.3 is 5.73 Å². The molecule has 4 heteroatoms. The molecule has 0 spiro atoms. The lowest BCUT2D eigenvalue weighted by Gasteiger charge is -2.42. The van der Waals surface area contributed by atoms with E-state index >= 15 is 0 Å². The van der Waals surface area contributed by atoms with Crippen molar-refractivity contribution in [1.82, 2.24) is 0 Å². The van der Waals surface area contributed by atoms with Crippen molar-refractivity contribution in [3.63, 3.8) is 0 Å². The second-order valence-corrected chi connectivity index (χ2v) is 8.48. The minimum Gasteiger partial charge on any atom is -0.330 e. The highest BCUT2D eigenvalue weighted by Crippen LogP contribution is 2.43. The molecule has 1 saturated carbocycles. The van der Waals surface area contributed by atoms with Crippen molar-refractivity contribution in [1.29, 1.82) is 0 Å². The molecule has 3 unspecified atom stereocenters. The molecule has 0 aromatic rings. The predicted octanol–water partition coefficient (Wildman–Crippen LogP) is 2.21. The summed E-state index contributed by atoms with van der Waals surface area (Å²) in [4.78, 5) is 0. The minimum absolute atomic E-state index is 0.161. The van der Waals surface area contributed by atoms with E-state index in [1.54, 1.807) is 0 Å². The van der Waals surface area contributed by atoms with Crippen LogP contribution in [0.3, 0.4) is 0 Å². The van der Waals surface area contributed by atoms with Crippen LogP contribution in [0.1, 0.15) is 46.5 Å². The lowest BCUT2D eigenvalue weighted by Crippen LogP contribution is -2.42. The Morgan fingerprint density at radius 1 is 1.29 bits per heavy atom. The summed E-state index contributed by atoms with van der Waals surface area (Å²) >= 11 is 0. The first-order valence-electron chi connectivity index (χ1n) is 6.61. The standard InChI is InChI=1S/C13H27NO2S/c1-5-13(2,3)11-7-6-10(9-14)12(8-11)17(4,15)16/h10-12H,5-9,14H2,1-4H3. The molecule has 102 valence electrons. The van der Waals surface area contributed by atoms with E-state index in [0.29, 0.717) is 12.5 Å². The molecule has 0 aromatic carbocycles. The lowest BCUT2D eigenvalue weighted by atomic mass is 9.67. The van der Waals surface area contributed by atoms with Crippen molar-refractivity contribution >= 4 is 9.84 Å². The second-order valence-electron chi connectivity index (χ2n) is 6.22. The summed E-state index contributed by atoms with van der Waals surface area (Å²) in [5, 5.41) is -0.225. The fourth-order valence-electron chi connectivity index (χ4n) is 2.98. The maximum absolute atomic E-state index is 11.9. The Hall–Kier alpha value is -0.0900. The average molecular weight is 261 g/mol. The molecule has 3 atom stereocenters. The molecule has 0 bridgehead atoms. The van der Waals surface area contributed by atoms with E-state index in [9.17, 15) is 8.42 Å². The van der Waals surface area contributed by atoms with Crippen molar-refractivity contribution in [2.75, 3.05) is 12.8 Å². The van der Waals surface area contributed by atoms with Crippen molar-refractivity contribution in [2.24, 2.45) is 23.0 Å². The molecular formula is C13H27NO2S. The molecule has 17 heavy (non-hydrogen) atoms. The van der Waals surface area contributed by atoms with Crippen molar-refractivity contribution in [2.45, 2.75) is 51.7 Å². The third-order valence-corrected chi connectivity index (χ3v) is 6.47.